The highest BCUT2D eigenvalue weighted by atomic mass is 32.2. The number of nitrogens with zero attached hydrogens (tertiary/aromatic N) is 1. The van der Waals surface area contributed by atoms with E-state index in [-0.39, 0.29) is 4.90 Å². The van der Waals surface area contributed by atoms with Crippen LogP contribution in [0.3, 0.4) is 0 Å². The molecule has 2 rings (SSSR count). The zero-order chi connectivity index (χ0) is 15.5. The maximum atomic E-state index is 12.7. The highest BCUT2D eigenvalue weighted by Crippen LogP contribution is 2.30. The van der Waals surface area contributed by atoms with Crippen molar-refractivity contribution in [3.8, 4) is 5.75 Å². The maximum absolute atomic E-state index is 12.7. The molecule has 0 saturated heterocycles. The van der Waals surface area contributed by atoms with E-state index in [9.17, 15) is 8.42 Å². The number of nitrogens with two attached hydrogens (primary N) is 1. The average molecular weight is 312 g/mol. The third-order valence-electron chi connectivity index (χ3n) is 4.14. The van der Waals surface area contributed by atoms with Crippen LogP contribution < -0.4 is 10.5 Å². The van der Waals surface area contributed by atoms with Crippen LogP contribution >= 0.6 is 0 Å². The van der Waals surface area contributed by atoms with Crippen molar-refractivity contribution >= 4 is 10.0 Å². The van der Waals surface area contributed by atoms with Crippen LogP contribution in [0.1, 0.15) is 31.2 Å². The molecule has 0 unspecified atom stereocenters. The highest BCUT2D eigenvalue weighted by Gasteiger charge is 2.28. The highest BCUT2D eigenvalue weighted by molar-refractivity contribution is 7.89. The minimum absolute atomic E-state index is 0.211. The molecule has 0 heterocycles. The summed E-state index contributed by atoms with van der Waals surface area (Å²) in [7, 11) is -0.406. The molecule has 1 aliphatic rings. The van der Waals surface area contributed by atoms with Crippen molar-refractivity contribution in [3.63, 3.8) is 0 Å². The Morgan fingerprint density at radius 3 is 2.57 bits per heavy atom. The Morgan fingerprint density at radius 1 is 1.33 bits per heavy atom. The summed E-state index contributed by atoms with van der Waals surface area (Å²) in [5.41, 5.74) is 6.44. The largest absolute Gasteiger partial charge is 0.495 e. The zero-order valence-electron chi connectivity index (χ0n) is 12.7. The summed E-state index contributed by atoms with van der Waals surface area (Å²) < 4.78 is 32.1. The van der Waals surface area contributed by atoms with Crippen molar-refractivity contribution in [2.45, 2.75) is 37.1 Å². The Hall–Kier alpha value is -1.11. The van der Waals surface area contributed by atoms with E-state index < -0.39 is 10.0 Å². The van der Waals surface area contributed by atoms with Gasteiger partial charge in [0.1, 0.15) is 10.6 Å². The molecular weight excluding hydrogens is 288 g/mol. The van der Waals surface area contributed by atoms with E-state index in [1.54, 1.807) is 25.2 Å². The molecule has 0 amide bonds. The molecule has 1 aromatic rings. The van der Waals surface area contributed by atoms with Crippen LogP contribution in [-0.4, -0.2) is 33.4 Å². The molecule has 21 heavy (non-hydrogen) atoms. The number of hydrogen-bond acceptors (Lipinski definition) is 4. The van der Waals surface area contributed by atoms with Crippen molar-refractivity contribution in [3.05, 3.63) is 23.8 Å². The molecule has 1 saturated carbocycles. The molecule has 1 aliphatic carbocycles. The number of rotatable bonds is 6. The van der Waals surface area contributed by atoms with E-state index in [1.165, 1.54) is 24.3 Å². The van der Waals surface area contributed by atoms with Gasteiger partial charge in [-0.05, 0) is 36.5 Å². The second-order valence-corrected chi connectivity index (χ2v) is 7.64. The number of hydrogen-bond donors (Lipinski definition) is 1. The molecular formula is C15H24N2O3S. The molecule has 0 aliphatic heterocycles. The smallest absolute Gasteiger partial charge is 0.246 e. The van der Waals surface area contributed by atoms with Crippen LogP contribution in [0.25, 0.3) is 0 Å². The van der Waals surface area contributed by atoms with Crippen molar-refractivity contribution in [1.29, 1.82) is 0 Å². The summed E-state index contributed by atoms with van der Waals surface area (Å²) in [5.74, 6) is 0.829. The first kappa shape index (κ1) is 16.3. The van der Waals surface area contributed by atoms with Gasteiger partial charge in [-0.3, -0.25) is 0 Å². The van der Waals surface area contributed by atoms with Gasteiger partial charge in [0.2, 0.25) is 10.0 Å². The van der Waals surface area contributed by atoms with Crippen LogP contribution in [0.15, 0.2) is 23.1 Å². The third-order valence-corrected chi connectivity index (χ3v) is 6.00. The monoisotopic (exact) mass is 312 g/mol. The van der Waals surface area contributed by atoms with Gasteiger partial charge in [0.15, 0.2) is 0 Å². The second kappa shape index (κ2) is 6.77. The molecule has 0 radical (unpaired) electrons. The summed E-state index contributed by atoms with van der Waals surface area (Å²) in [6.07, 6.45) is 4.63. The first-order chi connectivity index (χ1) is 9.98. The van der Waals surface area contributed by atoms with Gasteiger partial charge in [-0.25, -0.2) is 12.7 Å². The molecule has 2 N–H and O–H groups in total. The summed E-state index contributed by atoms with van der Waals surface area (Å²) >= 11 is 0. The number of benzene rings is 1. The first-order valence-electron chi connectivity index (χ1n) is 7.32. The fourth-order valence-electron chi connectivity index (χ4n) is 2.87. The standard InChI is InChI=1S/C15H24N2O3S/c1-17(11-12-5-3-4-6-12)21(18,19)15-8-7-13(10-16)9-14(15)20-2/h7-9,12H,3-6,10-11,16H2,1-2H3. The van der Waals surface area contributed by atoms with E-state index in [0.29, 0.717) is 24.8 Å². The lowest BCUT2D eigenvalue weighted by Crippen LogP contribution is -2.31. The van der Waals surface area contributed by atoms with Crippen LogP contribution in [0, 0.1) is 5.92 Å². The topological polar surface area (TPSA) is 72.6 Å². The van der Waals surface area contributed by atoms with E-state index >= 15 is 0 Å². The van der Waals surface area contributed by atoms with Gasteiger partial charge in [0.25, 0.3) is 0 Å². The lowest BCUT2D eigenvalue weighted by atomic mass is 10.1. The van der Waals surface area contributed by atoms with Crippen molar-refractivity contribution in [1.82, 2.24) is 4.31 Å². The Morgan fingerprint density at radius 2 is 2.00 bits per heavy atom. The Balaban J connectivity index is 2.25. The molecule has 0 bridgehead atoms. The third kappa shape index (κ3) is 3.56. The zero-order valence-corrected chi connectivity index (χ0v) is 13.5. The molecule has 0 aromatic heterocycles. The van der Waals surface area contributed by atoms with E-state index in [1.807, 2.05) is 0 Å². The molecule has 6 heteroatoms. The summed E-state index contributed by atoms with van der Waals surface area (Å²) in [6, 6.07) is 5.01. The molecule has 0 atom stereocenters. The predicted molar refractivity (Wildman–Crippen MR) is 82.7 cm³/mol. The Kier molecular flexibility index (Phi) is 5.24. The minimum Gasteiger partial charge on any atom is -0.495 e. The van der Waals surface area contributed by atoms with Gasteiger partial charge in [0.05, 0.1) is 7.11 Å². The van der Waals surface area contributed by atoms with Crippen molar-refractivity contribution in [2.75, 3.05) is 20.7 Å². The molecule has 1 aromatic carbocycles. The lowest BCUT2D eigenvalue weighted by Gasteiger charge is -2.22. The van der Waals surface area contributed by atoms with Gasteiger partial charge in [-0.15, -0.1) is 0 Å². The second-order valence-electron chi connectivity index (χ2n) is 5.63. The Bertz CT molecular complexity index is 581. The van der Waals surface area contributed by atoms with E-state index in [2.05, 4.69) is 0 Å². The number of ether oxygens (including phenoxy) is 1. The predicted octanol–water partition coefficient (Wildman–Crippen LogP) is 1.96. The van der Waals surface area contributed by atoms with Gasteiger partial charge < -0.3 is 10.5 Å². The van der Waals surface area contributed by atoms with Gasteiger partial charge in [-0.2, -0.15) is 0 Å². The quantitative estimate of drug-likeness (QED) is 0.871. The van der Waals surface area contributed by atoms with Gasteiger partial charge in [-0.1, -0.05) is 18.9 Å². The number of sulfonamides is 1. The Labute approximate surface area is 127 Å². The summed E-state index contributed by atoms with van der Waals surface area (Å²) in [5, 5.41) is 0. The molecule has 0 spiro atoms. The van der Waals surface area contributed by atoms with E-state index in [0.717, 1.165) is 18.4 Å². The molecule has 5 nitrogen and oxygen atoms in total. The molecule has 1 fully saturated rings. The number of methoxy groups -OCH3 is 1. The lowest BCUT2D eigenvalue weighted by molar-refractivity contribution is 0.377. The van der Waals surface area contributed by atoms with Crippen molar-refractivity contribution in [2.24, 2.45) is 11.7 Å². The van der Waals surface area contributed by atoms with Crippen LogP contribution in [0.2, 0.25) is 0 Å². The van der Waals surface area contributed by atoms with Crippen LogP contribution in [0.5, 0.6) is 5.75 Å². The van der Waals surface area contributed by atoms with Crippen LogP contribution in [0.4, 0.5) is 0 Å². The normalized spacial score (nSPS) is 16.6. The molecule has 118 valence electrons. The SMILES string of the molecule is COc1cc(CN)ccc1S(=O)(=O)N(C)CC1CCCC1. The average Bonchev–Trinajstić information content (AvgIpc) is 2.99. The van der Waals surface area contributed by atoms with Gasteiger partial charge in [0, 0.05) is 20.1 Å². The fourth-order valence-corrected chi connectivity index (χ4v) is 4.25. The summed E-state index contributed by atoms with van der Waals surface area (Å²) in [6.45, 7) is 0.929. The van der Waals surface area contributed by atoms with Crippen LogP contribution in [-0.2, 0) is 16.6 Å². The van der Waals surface area contributed by atoms with Crippen molar-refractivity contribution < 1.29 is 13.2 Å². The fraction of sp³-hybridized carbons (Fsp3) is 0.600. The first-order valence-corrected chi connectivity index (χ1v) is 8.76. The summed E-state index contributed by atoms with van der Waals surface area (Å²) in [4.78, 5) is 0.211. The van der Waals surface area contributed by atoms with Gasteiger partial charge >= 0.3 is 0 Å². The maximum Gasteiger partial charge on any atom is 0.246 e. The van der Waals surface area contributed by atoms with E-state index in [4.69, 9.17) is 10.5 Å². The minimum atomic E-state index is -3.53.